The molecule has 3 aromatic rings. The Labute approximate surface area is 140 Å². The molecule has 1 atom stereocenters. The van der Waals surface area contributed by atoms with Crippen molar-refractivity contribution in [2.75, 3.05) is 5.32 Å². The molecule has 0 fully saturated rings. The van der Waals surface area contributed by atoms with Crippen molar-refractivity contribution in [1.29, 1.82) is 0 Å². The van der Waals surface area contributed by atoms with Crippen molar-refractivity contribution >= 4 is 44.3 Å². The van der Waals surface area contributed by atoms with Gasteiger partial charge in [-0.25, -0.2) is 4.98 Å². The zero-order chi connectivity index (χ0) is 15.7. The number of fused-ring (bicyclic) bond motifs is 1. The average Bonchev–Trinajstić information content (AvgIpc) is 2.47. The standard InChI is InChI=1S/C16H13BrClN3O/c1-9(19-15-4-2-3-14(17)21-15)12-8-10-7-11(18)5-6-13(10)20-16(12)22/h2-9H,1H3,(H,19,21)(H,20,22)/t9-/m0/s1. The molecule has 0 bridgehead atoms. The molecule has 2 N–H and O–H groups in total. The fourth-order valence-electron chi connectivity index (χ4n) is 2.30. The lowest BCUT2D eigenvalue weighted by Gasteiger charge is -2.15. The SMILES string of the molecule is C[C@H](Nc1cccc(Br)n1)c1cc2cc(Cl)ccc2[nH]c1=O. The lowest BCUT2D eigenvalue weighted by Crippen LogP contribution is -2.19. The van der Waals surface area contributed by atoms with Crippen molar-refractivity contribution in [3.05, 3.63) is 68.0 Å². The van der Waals surface area contributed by atoms with Crippen LogP contribution in [0.3, 0.4) is 0 Å². The van der Waals surface area contributed by atoms with E-state index >= 15 is 0 Å². The van der Waals surface area contributed by atoms with E-state index in [-0.39, 0.29) is 11.6 Å². The molecule has 112 valence electrons. The molecule has 0 saturated carbocycles. The van der Waals surface area contributed by atoms with Gasteiger partial charge >= 0.3 is 0 Å². The van der Waals surface area contributed by atoms with E-state index in [1.807, 2.05) is 37.3 Å². The number of hydrogen-bond acceptors (Lipinski definition) is 3. The van der Waals surface area contributed by atoms with Crippen LogP contribution >= 0.6 is 27.5 Å². The fourth-order valence-corrected chi connectivity index (χ4v) is 2.83. The molecular weight excluding hydrogens is 366 g/mol. The van der Waals surface area contributed by atoms with Crippen molar-refractivity contribution in [2.24, 2.45) is 0 Å². The van der Waals surface area contributed by atoms with Gasteiger partial charge in [0.05, 0.1) is 6.04 Å². The molecule has 0 saturated heterocycles. The number of benzene rings is 1. The molecule has 2 aromatic heterocycles. The third-order valence-electron chi connectivity index (χ3n) is 3.38. The molecule has 0 aliphatic carbocycles. The summed E-state index contributed by atoms with van der Waals surface area (Å²) in [5.41, 5.74) is 1.28. The number of anilines is 1. The number of hydrogen-bond donors (Lipinski definition) is 2. The van der Waals surface area contributed by atoms with E-state index in [1.54, 1.807) is 12.1 Å². The first-order chi connectivity index (χ1) is 10.5. The van der Waals surface area contributed by atoms with E-state index in [0.29, 0.717) is 16.4 Å². The van der Waals surface area contributed by atoms with Crippen LogP contribution in [0.25, 0.3) is 10.9 Å². The third kappa shape index (κ3) is 3.15. The number of aromatic nitrogens is 2. The van der Waals surface area contributed by atoms with Gasteiger partial charge in [0.2, 0.25) is 0 Å². The van der Waals surface area contributed by atoms with Gasteiger partial charge in [-0.15, -0.1) is 0 Å². The highest BCUT2D eigenvalue weighted by molar-refractivity contribution is 9.10. The van der Waals surface area contributed by atoms with E-state index in [0.717, 1.165) is 15.5 Å². The van der Waals surface area contributed by atoms with Gasteiger partial charge in [-0.3, -0.25) is 4.79 Å². The van der Waals surface area contributed by atoms with Crippen molar-refractivity contribution in [3.63, 3.8) is 0 Å². The monoisotopic (exact) mass is 377 g/mol. The van der Waals surface area contributed by atoms with Crippen LogP contribution in [0.1, 0.15) is 18.5 Å². The Morgan fingerprint density at radius 1 is 1.27 bits per heavy atom. The molecule has 0 aliphatic rings. The van der Waals surface area contributed by atoms with E-state index < -0.39 is 0 Å². The normalized spacial score (nSPS) is 12.3. The molecule has 2 heterocycles. The average molecular weight is 379 g/mol. The number of pyridine rings is 2. The summed E-state index contributed by atoms with van der Waals surface area (Å²) in [5, 5.41) is 4.76. The van der Waals surface area contributed by atoms with Gasteiger partial charge in [0.25, 0.3) is 5.56 Å². The summed E-state index contributed by atoms with van der Waals surface area (Å²) in [6.07, 6.45) is 0. The quantitative estimate of drug-likeness (QED) is 0.659. The first kappa shape index (κ1) is 15.1. The fraction of sp³-hybridized carbons (Fsp3) is 0.125. The number of nitrogens with one attached hydrogen (secondary N) is 2. The predicted molar refractivity (Wildman–Crippen MR) is 93.6 cm³/mol. The number of H-pyrrole nitrogens is 1. The molecule has 6 heteroatoms. The number of nitrogens with zero attached hydrogens (tertiary/aromatic N) is 1. The van der Waals surface area contributed by atoms with Crippen LogP contribution in [0.15, 0.2) is 51.9 Å². The Balaban J connectivity index is 1.98. The zero-order valence-corrected chi connectivity index (χ0v) is 14.1. The lowest BCUT2D eigenvalue weighted by atomic mass is 10.1. The molecule has 0 spiro atoms. The number of halogens is 2. The summed E-state index contributed by atoms with van der Waals surface area (Å²) < 4.78 is 0.740. The van der Waals surface area contributed by atoms with Crippen LogP contribution < -0.4 is 10.9 Å². The second-order valence-electron chi connectivity index (χ2n) is 5.00. The first-order valence-corrected chi connectivity index (χ1v) is 7.91. The van der Waals surface area contributed by atoms with Gasteiger partial charge in [0.15, 0.2) is 0 Å². The Bertz CT molecular complexity index is 894. The number of aromatic amines is 1. The molecule has 0 amide bonds. The summed E-state index contributed by atoms with van der Waals surface area (Å²) >= 11 is 9.34. The van der Waals surface area contributed by atoms with Crippen LogP contribution in [0.2, 0.25) is 5.02 Å². The molecule has 1 aromatic carbocycles. The molecule has 0 aliphatic heterocycles. The highest BCUT2D eigenvalue weighted by Crippen LogP contribution is 2.21. The number of rotatable bonds is 3. The smallest absolute Gasteiger partial charge is 0.253 e. The van der Waals surface area contributed by atoms with Gasteiger partial charge in [0.1, 0.15) is 10.4 Å². The highest BCUT2D eigenvalue weighted by atomic mass is 79.9. The topological polar surface area (TPSA) is 57.8 Å². The van der Waals surface area contributed by atoms with Gasteiger partial charge < -0.3 is 10.3 Å². The lowest BCUT2D eigenvalue weighted by molar-refractivity contribution is 0.856. The Hall–Kier alpha value is -1.85. The van der Waals surface area contributed by atoms with Crippen molar-refractivity contribution < 1.29 is 0 Å². The predicted octanol–water partition coefficient (Wildman–Crippen LogP) is 4.51. The van der Waals surface area contributed by atoms with Crippen LogP contribution in [0.4, 0.5) is 5.82 Å². The Kier molecular flexibility index (Phi) is 4.18. The van der Waals surface area contributed by atoms with Crippen LogP contribution in [0, 0.1) is 0 Å². The summed E-state index contributed by atoms with van der Waals surface area (Å²) in [7, 11) is 0. The summed E-state index contributed by atoms with van der Waals surface area (Å²) in [4.78, 5) is 19.5. The van der Waals surface area contributed by atoms with Crippen LogP contribution in [-0.4, -0.2) is 9.97 Å². The third-order valence-corrected chi connectivity index (χ3v) is 4.06. The van der Waals surface area contributed by atoms with E-state index in [4.69, 9.17) is 11.6 Å². The summed E-state index contributed by atoms with van der Waals surface area (Å²) in [6.45, 7) is 1.92. The van der Waals surface area contributed by atoms with Gasteiger partial charge in [-0.2, -0.15) is 0 Å². The van der Waals surface area contributed by atoms with Crippen molar-refractivity contribution in [3.8, 4) is 0 Å². The molecule has 0 radical (unpaired) electrons. The largest absolute Gasteiger partial charge is 0.363 e. The van der Waals surface area contributed by atoms with Crippen LogP contribution in [-0.2, 0) is 0 Å². The second-order valence-corrected chi connectivity index (χ2v) is 6.25. The Morgan fingerprint density at radius 3 is 2.86 bits per heavy atom. The van der Waals surface area contributed by atoms with Crippen molar-refractivity contribution in [2.45, 2.75) is 13.0 Å². The van der Waals surface area contributed by atoms with E-state index in [9.17, 15) is 4.79 Å². The van der Waals surface area contributed by atoms with E-state index in [2.05, 4.69) is 31.2 Å². The maximum absolute atomic E-state index is 12.3. The maximum Gasteiger partial charge on any atom is 0.253 e. The van der Waals surface area contributed by atoms with Gasteiger partial charge in [0, 0.05) is 21.5 Å². The minimum absolute atomic E-state index is 0.121. The first-order valence-electron chi connectivity index (χ1n) is 6.74. The van der Waals surface area contributed by atoms with Gasteiger partial charge in [-0.05, 0) is 59.3 Å². The summed E-state index contributed by atoms with van der Waals surface area (Å²) in [5.74, 6) is 0.701. The molecule has 3 rings (SSSR count). The maximum atomic E-state index is 12.3. The minimum atomic E-state index is -0.186. The highest BCUT2D eigenvalue weighted by Gasteiger charge is 2.12. The molecular formula is C16H13BrClN3O. The van der Waals surface area contributed by atoms with E-state index in [1.165, 1.54) is 0 Å². The van der Waals surface area contributed by atoms with Gasteiger partial charge in [-0.1, -0.05) is 17.7 Å². The minimum Gasteiger partial charge on any atom is -0.363 e. The summed E-state index contributed by atoms with van der Waals surface area (Å²) in [6, 6.07) is 12.7. The van der Waals surface area contributed by atoms with Crippen LogP contribution in [0.5, 0.6) is 0 Å². The molecule has 22 heavy (non-hydrogen) atoms. The second kappa shape index (κ2) is 6.10. The Morgan fingerprint density at radius 2 is 2.09 bits per heavy atom. The molecule has 4 nitrogen and oxygen atoms in total. The zero-order valence-electron chi connectivity index (χ0n) is 11.7. The van der Waals surface area contributed by atoms with Crippen molar-refractivity contribution in [1.82, 2.24) is 9.97 Å². The molecule has 0 unspecified atom stereocenters.